The lowest BCUT2D eigenvalue weighted by Gasteiger charge is -2.01. The Balaban J connectivity index is 1.77. The molecule has 7 heteroatoms. The van der Waals surface area contributed by atoms with Gasteiger partial charge in [-0.25, -0.2) is 9.37 Å². The topological polar surface area (TPSA) is 69.9 Å². The maximum atomic E-state index is 13.1. The van der Waals surface area contributed by atoms with Gasteiger partial charge in [-0.2, -0.15) is 4.57 Å². The van der Waals surface area contributed by atoms with Crippen molar-refractivity contribution in [1.82, 2.24) is 9.97 Å². The van der Waals surface area contributed by atoms with Crippen LogP contribution in [0, 0.1) is 5.82 Å². The van der Waals surface area contributed by atoms with E-state index in [1.165, 1.54) is 23.5 Å². The first-order valence-electron chi connectivity index (χ1n) is 7.54. The van der Waals surface area contributed by atoms with Gasteiger partial charge < -0.3 is 10.1 Å². The van der Waals surface area contributed by atoms with Crippen LogP contribution in [0.5, 0.6) is 5.75 Å². The third-order valence-corrected chi connectivity index (χ3v) is 4.70. The number of aromatic hydroxyl groups is 1. The second-order valence-corrected chi connectivity index (χ2v) is 6.44. The number of H-pyrrole nitrogens is 1. The first kappa shape index (κ1) is 15.5. The lowest BCUT2D eigenvalue weighted by atomic mass is 10.1. The molecule has 0 atom stereocenters. The number of pyridine rings is 1. The van der Waals surface area contributed by atoms with Crippen molar-refractivity contribution in [2.45, 2.75) is 6.54 Å². The van der Waals surface area contributed by atoms with E-state index in [1.807, 2.05) is 5.38 Å². The average Bonchev–Trinajstić information content (AvgIpc) is 3.00. The summed E-state index contributed by atoms with van der Waals surface area (Å²) in [7, 11) is 0. The summed E-state index contributed by atoms with van der Waals surface area (Å²) in [5, 5.41) is 11.9. The number of aromatic amines is 1. The van der Waals surface area contributed by atoms with Crippen LogP contribution in [-0.4, -0.2) is 15.1 Å². The molecule has 0 spiro atoms. The molecule has 3 heterocycles. The van der Waals surface area contributed by atoms with Gasteiger partial charge in [0.05, 0.1) is 5.39 Å². The molecule has 1 aromatic carbocycles. The Morgan fingerprint density at radius 1 is 1.24 bits per heavy atom. The largest absolute Gasteiger partial charge is 0.503 e. The predicted molar refractivity (Wildman–Crippen MR) is 93.0 cm³/mol. The second-order valence-electron chi connectivity index (χ2n) is 5.58. The number of fused-ring (bicyclic) bond motifs is 1. The molecule has 0 amide bonds. The number of nitrogens with zero attached hydrogens (tertiary/aromatic N) is 2. The molecule has 4 aromatic rings. The SMILES string of the molecule is O=c1[nH]c(C[n+]2cccc(O)c2)nc2scc(-c3ccc(F)cc3)c12. The molecule has 0 bridgehead atoms. The Labute approximate surface area is 145 Å². The van der Waals surface area contributed by atoms with Gasteiger partial charge in [0.1, 0.15) is 10.6 Å². The molecule has 124 valence electrons. The minimum atomic E-state index is -0.319. The van der Waals surface area contributed by atoms with E-state index >= 15 is 0 Å². The zero-order valence-electron chi connectivity index (χ0n) is 12.9. The van der Waals surface area contributed by atoms with Crippen molar-refractivity contribution in [1.29, 1.82) is 0 Å². The quantitative estimate of drug-likeness (QED) is 0.556. The third kappa shape index (κ3) is 3.01. The van der Waals surface area contributed by atoms with Crippen molar-refractivity contribution in [2.24, 2.45) is 0 Å². The van der Waals surface area contributed by atoms with Crippen LogP contribution in [0.25, 0.3) is 21.3 Å². The Morgan fingerprint density at radius 2 is 2.04 bits per heavy atom. The number of hydrogen-bond donors (Lipinski definition) is 2. The van der Waals surface area contributed by atoms with Crippen molar-refractivity contribution in [3.05, 3.63) is 76.2 Å². The molecule has 0 saturated heterocycles. The Bertz CT molecular complexity index is 1120. The number of halogens is 1. The average molecular weight is 354 g/mol. The highest BCUT2D eigenvalue weighted by Crippen LogP contribution is 2.30. The normalized spacial score (nSPS) is 11.1. The summed E-state index contributed by atoms with van der Waals surface area (Å²) < 4.78 is 14.8. The maximum absolute atomic E-state index is 13.1. The Hall–Kier alpha value is -3.06. The highest BCUT2D eigenvalue weighted by molar-refractivity contribution is 7.17. The van der Waals surface area contributed by atoms with Crippen molar-refractivity contribution >= 4 is 21.6 Å². The number of thiophene rings is 1. The Kier molecular flexibility index (Phi) is 3.77. The van der Waals surface area contributed by atoms with Gasteiger partial charge in [-0.3, -0.25) is 4.79 Å². The van der Waals surface area contributed by atoms with Gasteiger partial charge in [0.25, 0.3) is 5.56 Å². The molecule has 0 aliphatic heterocycles. The molecule has 4 rings (SSSR count). The number of rotatable bonds is 3. The van der Waals surface area contributed by atoms with Crippen LogP contribution in [-0.2, 0) is 6.54 Å². The molecule has 0 fully saturated rings. The van der Waals surface area contributed by atoms with Gasteiger partial charge in [-0.1, -0.05) is 12.1 Å². The summed E-state index contributed by atoms with van der Waals surface area (Å²) in [4.78, 5) is 20.5. The minimum Gasteiger partial charge on any atom is -0.503 e. The van der Waals surface area contributed by atoms with Crippen LogP contribution in [0.4, 0.5) is 4.39 Å². The molecular weight excluding hydrogens is 341 g/mol. The zero-order chi connectivity index (χ0) is 17.4. The van der Waals surface area contributed by atoms with E-state index in [1.54, 1.807) is 41.2 Å². The van der Waals surface area contributed by atoms with Crippen molar-refractivity contribution in [2.75, 3.05) is 0 Å². The van der Waals surface area contributed by atoms with Crippen LogP contribution >= 0.6 is 11.3 Å². The molecule has 5 nitrogen and oxygen atoms in total. The molecule has 2 N–H and O–H groups in total. The molecule has 0 saturated carbocycles. The fourth-order valence-electron chi connectivity index (χ4n) is 2.69. The van der Waals surface area contributed by atoms with Gasteiger partial charge in [0.15, 0.2) is 17.8 Å². The van der Waals surface area contributed by atoms with Crippen LogP contribution in [0.2, 0.25) is 0 Å². The zero-order valence-corrected chi connectivity index (χ0v) is 13.8. The number of aromatic nitrogens is 3. The van der Waals surface area contributed by atoms with Gasteiger partial charge >= 0.3 is 0 Å². The van der Waals surface area contributed by atoms with Crippen LogP contribution < -0.4 is 10.1 Å². The fourth-order valence-corrected chi connectivity index (χ4v) is 3.66. The van der Waals surface area contributed by atoms with Crippen LogP contribution in [0.3, 0.4) is 0 Å². The van der Waals surface area contributed by atoms with Gasteiger partial charge in [0, 0.05) is 17.0 Å². The van der Waals surface area contributed by atoms with E-state index in [0.29, 0.717) is 22.6 Å². The summed E-state index contributed by atoms with van der Waals surface area (Å²) >= 11 is 1.37. The van der Waals surface area contributed by atoms with Crippen molar-refractivity contribution in [3.63, 3.8) is 0 Å². The summed E-state index contributed by atoms with van der Waals surface area (Å²) in [5.74, 6) is 0.321. The highest BCUT2D eigenvalue weighted by atomic mass is 32.1. The molecule has 3 aromatic heterocycles. The van der Waals surface area contributed by atoms with Crippen LogP contribution in [0.15, 0.2) is 59.0 Å². The fraction of sp³-hybridized carbons (Fsp3) is 0.0556. The van der Waals surface area contributed by atoms with Crippen LogP contribution in [0.1, 0.15) is 5.82 Å². The number of hydrogen-bond acceptors (Lipinski definition) is 4. The molecule has 0 radical (unpaired) electrons. The van der Waals surface area contributed by atoms with Gasteiger partial charge in [0.2, 0.25) is 12.7 Å². The Morgan fingerprint density at radius 3 is 2.80 bits per heavy atom. The van der Waals surface area contributed by atoms with Gasteiger partial charge in [-0.05, 0) is 23.8 Å². The minimum absolute atomic E-state index is 0.139. The number of nitrogens with one attached hydrogen (secondary N) is 1. The van der Waals surface area contributed by atoms with Crippen molar-refractivity contribution < 1.29 is 14.1 Å². The predicted octanol–water partition coefficient (Wildman–Crippen LogP) is 2.83. The van der Waals surface area contributed by atoms with Crippen molar-refractivity contribution in [3.8, 4) is 16.9 Å². The molecule has 0 unspecified atom stereocenters. The first-order chi connectivity index (χ1) is 12.1. The number of benzene rings is 1. The maximum Gasteiger partial charge on any atom is 0.260 e. The lowest BCUT2D eigenvalue weighted by Crippen LogP contribution is -2.34. The standard InChI is InChI=1S/C18H12FN3O2S/c19-12-5-3-11(4-6-12)14-10-25-18-16(14)17(24)20-15(21-18)9-22-7-1-2-13(23)8-22/h1-8,10H,9H2,(H-,20,21,23,24)/p+1. The lowest BCUT2D eigenvalue weighted by molar-refractivity contribution is -0.689. The first-order valence-corrected chi connectivity index (χ1v) is 8.42. The van der Waals surface area contributed by atoms with E-state index in [2.05, 4.69) is 9.97 Å². The molecular formula is C18H13FN3O2S+. The highest BCUT2D eigenvalue weighted by Gasteiger charge is 2.15. The van der Waals surface area contributed by atoms with Gasteiger partial charge in [-0.15, -0.1) is 11.3 Å². The van der Waals surface area contributed by atoms with E-state index in [4.69, 9.17) is 0 Å². The summed E-state index contributed by atoms with van der Waals surface area (Å²) in [6.45, 7) is 0.337. The van der Waals surface area contributed by atoms with E-state index in [-0.39, 0.29) is 17.1 Å². The monoisotopic (exact) mass is 354 g/mol. The van der Waals surface area contributed by atoms with E-state index in [9.17, 15) is 14.3 Å². The van der Waals surface area contributed by atoms with E-state index in [0.717, 1.165) is 11.1 Å². The summed E-state index contributed by atoms with van der Waals surface area (Å²) in [5.41, 5.74) is 1.28. The molecule has 0 aliphatic carbocycles. The summed E-state index contributed by atoms with van der Waals surface area (Å²) in [6, 6.07) is 9.31. The smallest absolute Gasteiger partial charge is 0.260 e. The van der Waals surface area contributed by atoms with E-state index < -0.39 is 0 Å². The third-order valence-electron chi connectivity index (χ3n) is 3.82. The second kappa shape index (κ2) is 6.10. The molecule has 0 aliphatic rings. The molecule has 25 heavy (non-hydrogen) atoms. The summed E-state index contributed by atoms with van der Waals surface area (Å²) in [6.07, 6.45) is 3.34.